The first kappa shape index (κ1) is 14.5. The van der Waals surface area contributed by atoms with Crippen LogP contribution in [0.15, 0.2) is 24.3 Å². The monoisotopic (exact) mass is 264 g/mol. The summed E-state index contributed by atoms with van der Waals surface area (Å²) >= 11 is 0. The Morgan fingerprint density at radius 1 is 1.47 bits per heavy atom. The summed E-state index contributed by atoms with van der Waals surface area (Å²) in [4.78, 5) is 2.43. The predicted octanol–water partition coefficient (Wildman–Crippen LogP) is 3.34. The first-order valence-electron chi connectivity index (χ1n) is 7.37. The molecule has 2 rings (SSSR count). The van der Waals surface area contributed by atoms with E-state index < -0.39 is 0 Å². The van der Waals surface area contributed by atoms with Crippen molar-refractivity contribution in [1.82, 2.24) is 4.90 Å². The van der Waals surface area contributed by atoms with Gasteiger partial charge in [0.2, 0.25) is 0 Å². The summed E-state index contributed by atoms with van der Waals surface area (Å²) in [6.45, 7) is 6.42. The maximum atomic E-state index is 13.4. The molecule has 1 aliphatic heterocycles. The van der Waals surface area contributed by atoms with E-state index in [0.29, 0.717) is 0 Å². The van der Waals surface area contributed by atoms with Gasteiger partial charge >= 0.3 is 0 Å². The highest BCUT2D eigenvalue weighted by Gasteiger charge is 2.30. The summed E-state index contributed by atoms with van der Waals surface area (Å²) < 4.78 is 13.4. The minimum absolute atomic E-state index is 0.0159. The van der Waals surface area contributed by atoms with E-state index in [4.69, 9.17) is 5.73 Å². The number of likely N-dealkylation sites (tertiary alicyclic amines) is 1. The molecule has 2 N–H and O–H groups in total. The molecule has 0 radical (unpaired) electrons. The van der Waals surface area contributed by atoms with Crippen molar-refractivity contribution in [2.45, 2.75) is 45.2 Å². The van der Waals surface area contributed by atoms with E-state index in [0.717, 1.165) is 24.6 Å². The molecular formula is C16H25FN2. The Morgan fingerprint density at radius 2 is 2.26 bits per heavy atom. The molecule has 1 fully saturated rings. The second kappa shape index (κ2) is 6.49. The Hall–Kier alpha value is -0.930. The average molecular weight is 264 g/mol. The number of benzene rings is 1. The van der Waals surface area contributed by atoms with Crippen LogP contribution in [0.5, 0.6) is 0 Å². The third kappa shape index (κ3) is 3.54. The second-order valence-electron chi connectivity index (χ2n) is 5.80. The van der Waals surface area contributed by atoms with Gasteiger partial charge in [0.1, 0.15) is 5.82 Å². The number of nitrogens with zero attached hydrogens (tertiary/aromatic N) is 1. The molecule has 0 saturated carbocycles. The SMILES string of the molecule is CCCC1CCN(C(c2cccc(F)c2)C(C)N)C1. The molecule has 1 aliphatic rings. The van der Waals surface area contributed by atoms with E-state index in [1.54, 1.807) is 12.1 Å². The van der Waals surface area contributed by atoms with Gasteiger partial charge in [0, 0.05) is 18.6 Å². The quantitative estimate of drug-likeness (QED) is 0.884. The van der Waals surface area contributed by atoms with Crippen LogP contribution < -0.4 is 5.73 Å². The maximum Gasteiger partial charge on any atom is 0.123 e. The molecule has 0 amide bonds. The van der Waals surface area contributed by atoms with Crippen molar-refractivity contribution >= 4 is 0 Å². The van der Waals surface area contributed by atoms with Crippen LogP contribution in [0.3, 0.4) is 0 Å². The molecule has 0 aliphatic carbocycles. The van der Waals surface area contributed by atoms with Crippen molar-refractivity contribution in [2.75, 3.05) is 13.1 Å². The Bertz CT molecular complexity index is 405. The summed E-state index contributed by atoms with van der Waals surface area (Å²) in [7, 11) is 0. The van der Waals surface area contributed by atoms with E-state index in [2.05, 4.69) is 11.8 Å². The number of hydrogen-bond acceptors (Lipinski definition) is 2. The minimum Gasteiger partial charge on any atom is -0.326 e. The third-order valence-corrected chi connectivity index (χ3v) is 4.10. The maximum absolute atomic E-state index is 13.4. The Labute approximate surface area is 115 Å². The standard InChI is InChI=1S/C16H25FN2/c1-3-5-13-8-9-19(11-13)16(12(2)18)14-6-4-7-15(17)10-14/h4,6-7,10,12-13,16H,3,5,8-9,11,18H2,1-2H3. The molecule has 19 heavy (non-hydrogen) atoms. The van der Waals surface area contributed by atoms with Crippen LogP contribution in [0.1, 0.15) is 44.7 Å². The molecule has 0 bridgehead atoms. The van der Waals surface area contributed by atoms with Gasteiger partial charge in [0.15, 0.2) is 0 Å². The molecule has 0 aromatic heterocycles. The van der Waals surface area contributed by atoms with Crippen molar-refractivity contribution < 1.29 is 4.39 Å². The summed E-state index contributed by atoms with van der Waals surface area (Å²) in [6, 6.07) is 7.04. The van der Waals surface area contributed by atoms with E-state index in [1.807, 2.05) is 13.0 Å². The predicted molar refractivity (Wildman–Crippen MR) is 77.4 cm³/mol. The molecule has 3 heteroatoms. The average Bonchev–Trinajstić information content (AvgIpc) is 2.78. The molecule has 106 valence electrons. The smallest absolute Gasteiger partial charge is 0.123 e. The number of hydrogen-bond donors (Lipinski definition) is 1. The Balaban J connectivity index is 2.13. The van der Waals surface area contributed by atoms with E-state index in [1.165, 1.54) is 25.3 Å². The molecule has 1 heterocycles. The third-order valence-electron chi connectivity index (χ3n) is 4.10. The van der Waals surface area contributed by atoms with E-state index in [-0.39, 0.29) is 17.9 Å². The highest BCUT2D eigenvalue weighted by molar-refractivity contribution is 5.22. The number of halogens is 1. The van der Waals surface area contributed by atoms with Crippen molar-refractivity contribution in [3.8, 4) is 0 Å². The second-order valence-corrected chi connectivity index (χ2v) is 5.80. The molecule has 3 atom stereocenters. The molecule has 2 nitrogen and oxygen atoms in total. The molecule has 1 aromatic rings. The number of nitrogens with two attached hydrogens (primary N) is 1. The summed E-state index contributed by atoms with van der Waals surface area (Å²) in [6.07, 6.45) is 3.76. The molecule has 1 saturated heterocycles. The van der Waals surface area contributed by atoms with Crippen LogP contribution in [-0.4, -0.2) is 24.0 Å². The summed E-state index contributed by atoms with van der Waals surface area (Å²) in [5.74, 6) is 0.604. The van der Waals surface area contributed by atoms with Gasteiger partial charge < -0.3 is 5.73 Å². The summed E-state index contributed by atoms with van der Waals surface area (Å²) in [5.41, 5.74) is 7.16. The van der Waals surface area contributed by atoms with Crippen LogP contribution in [0, 0.1) is 11.7 Å². The van der Waals surface area contributed by atoms with Gasteiger partial charge in [-0.05, 0) is 49.9 Å². The molecular weight excluding hydrogens is 239 g/mol. The van der Waals surface area contributed by atoms with Gasteiger partial charge in [-0.3, -0.25) is 4.90 Å². The fourth-order valence-electron chi connectivity index (χ4n) is 3.30. The lowest BCUT2D eigenvalue weighted by Gasteiger charge is -2.31. The lowest BCUT2D eigenvalue weighted by molar-refractivity contribution is 0.209. The van der Waals surface area contributed by atoms with Gasteiger partial charge in [-0.15, -0.1) is 0 Å². The van der Waals surface area contributed by atoms with Gasteiger partial charge in [0.05, 0.1) is 0 Å². The zero-order chi connectivity index (χ0) is 13.8. The van der Waals surface area contributed by atoms with Crippen molar-refractivity contribution in [3.63, 3.8) is 0 Å². The van der Waals surface area contributed by atoms with Crippen LogP contribution in [0.2, 0.25) is 0 Å². The highest BCUT2D eigenvalue weighted by Crippen LogP contribution is 2.31. The van der Waals surface area contributed by atoms with E-state index in [9.17, 15) is 4.39 Å². The van der Waals surface area contributed by atoms with Gasteiger partial charge in [-0.1, -0.05) is 25.5 Å². The minimum atomic E-state index is -0.174. The van der Waals surface area contributed by atoms with Gasteiger partial charge in [-0.25, -0.2) is 4.39 Å². The first-order valence-corrected chi connectivity index (χ1v) is 7.37. The van der Waals surface area contributed by atoms with E-state index >= 15 is 0 Å². The molecule has 1 aromatic carbocycles. The lowest BCUT2D eigenvalue weighted by atomic mass is 9.99. The topological polar surface area (TPSA) is 29.3 Å². The Kier molecular flexibility index (Phi) is 4.94. The van der Waals surface area contributed by atoms with Crippen LogP contribution in [0.25, 0.3) is 0 Å². The zero-order valence-electron chi connectivity index (χ0n) is 12.0. The zero-order valence-corrected chi connectivity index (χ0v) is 12.0. The fourth-order valence-corrected chi connectivity index (χ4v) is 3.30. The molecule has 3 unspecified atom stereocenters. The largest absolute Gasteiger partial charge is 0.326 e. The molecule has 0 spiro atoms. The van der Waals surface area contributed by atoms with Crippen molar-refractivity contribution in [1.29, 1.82) is 0 Å². The van der Waals surface area contributed by atoms with Gasteiger partial charge in [-0.2, -0.15) is 0 Å². The van der Waals surface area contributed by atoms with Gasteiger partial charge in [0.25, 0.3) is 0 Å². The first-order chi connectivity index (χ1) is 9.11. The Morgan fingerprint density at radius 3 is 2.89 bits per heavy atom. The van der Waals surface area contributed by atoms with Crippen LogP contribution in [0.4, 0.5) is 4.39 Å². The summed E-state index contributed by atoms with van der Waals surface area (Å²) in [5, 5.41) is 0. The number of rotatable bonds is 5. The fraction of sp³-hybridized carbons (Fsp3) is 0.625. The highest BCUT2D eigenvalue weighted by atomic mass is 19.1. The van der Waals surface area contributed by atoms with Crippen LogP contribution in [-0.2, 0) is 0 Å². The van der Waals surface area contributed by atoms with Crippen molar-refractivity contribution in [2.24, 2.45) is 11.7 Å². The normalized spacial score (nSPS) is 23.5. The lowest BCUT2D eigenvalue weighted by Crippen LogP contribution is -2.38. The van der Waals surface area contributed by atoms with Crippen LogP contribution >= 0.6 is 0 Å². The van der Waals surface area contributed by atoms with Crippen molar-refractivity contribution in [3.05, 3.63) is 35.6 Å².